The molecule has 0 saturated carbocycles. The van der Waals surface area contributed by atoms with Crippen molar-refractivity contribution in [2.24, 2.45) is 0 Å². The molecule has 0 fully saturated rings. The number of aryl methyl sites for hydroxylation is 1. The number of rotatable bonds is 5. The molecule has 0 amide bonds. The smallest absolute Gasteiger partial charge is 0.137 e. The molecular weight excluding hydrogens is 307 g/mol. The summed E-state index contributed by atoms with van der Waals surface area (Å²) in [7, 11) is 0. The number of hydrogen-bond donors (Lipinski definition) is 0. The Labute approximate surface area is 120 Å². The molecule has 1 nitrogen and oxygen atoms in total. The standard InChI is InChI=1S/C16H14BrFO/c17-16-9-7-14(18)10-13(16)11-15(19)8-6-12-4-2-1-3-5-12/h1-5,7,9-10H,6,8,11H2. The predicted octanol–water partition coefficient (Wildman–Crippen LogP) is 4.33. The second-order valence-corrected chi connectivity index (χ2v) is 5.29. The largest absolute Gasteiger partial charge is 0.299 e. The van der Waals surface area contributed by atoms with Crippen LogP contribution in [-0.4, -0.2) is 5.78 Å². The van der Waals surface area contributed by atoms with E-state index in [1.165, 1.54) is 12.1 Å². The monoisotopic (exact) mass is 320 g/mol. The molecule has 3 heteroatoms. The fourth-order valence-corrected chi connectivity index (χ4v) is 2.29. The molecule has 2 rings (SSSR count). The fraction of sp³-hybridized carbons (Fsp3) is 0.188. The third-order valence-electron chi connectivity index (χ3n) is 2.93. The van der Waals surface area contributed by atoms with E-state index in [2.05, 4.69) is 15.9 Å². The average Bonchev–Trinajstić information content (AvgIpc) is 2.42. The second kappa shape index (κ2) is 6.62. The van der Waals surface area contributed by atoms with Gasteiger partial charge in [-0.15, -0.1) is 0 Å². The summed E-state index contributed by atoms with van der Waals surface area (Å²) in [5.41, 5.74) is 1.85. The molecule has 0 saturated heterocycles. The lowest BCUT2D eigenvalue weighted by Crippen LogP contribution is -2.05. The zero-order chi connectivity index (χ0) is 13.7. The van der Waals surface area contributed by atoms with Gasteiger partial charge in [-0.2, -0.15) is 0 Å². The van der Waals surface area contributed by atoms with E-state index in [1.807, 2.05) is 30.3 Å². The van der Waals surface area contributed by atoms with Crippen molar-refractivity contribution in [2.75, 3.05) is 0 Å². The van der Waals surface area contributed by atoms with E-state index in [4.69, 9.17) is 0 Å². The SMILES string of the molecule is O=C(CCc1ccccc1)Cc1cc(F)ccc1Br. The third-order valence-corrected chi connectivity index (χ3v) is 3.70. The molecule has 0 radical (unpaired) electrons. The number of hydrogen-bond acceptors (Lipinski definition) is 1. The number of benzene rings is 2. The van der Waals surface area contributed by atoms with Gasteiger partial charge in [-0.1, -0.05) is 46.3 Å². The molecule has 0 N–H and O–H groups in total. The quantitative estimate of drug-likeness (QED) is 0.801. The van der Waals surface area contributed by atoms with E-state index < -0.39 is 0 Å². The van der Waals surface area contributed by atoms with Gasteiger partial charge in [0.2, 0.25) is 0 Å². The molecule has 0 heterocycles. The van der Waals surface area contributed by atoms with Crippen molar-refractivity contribution in [1.82, 2.24) is 0 Å². The van der Waals surface area contributed by atoms with E-state index in [0.717, 1.165) is 16.5 Å². The summed E-state index contributed by atoms with van der Waals surface area (Å²) in [6.07, 6.45) is 1.48. The average molecular weight is 321 g/mol. The highest BCUT2D eigenvalue weighted by molar-refractivity contribution is 9.10. The maximum Gasteiger partial charge on any atom is 0.137 e. The first-order chi connectivity index (χ1) is 9.15. The molecule has 0 aliphatic rings. The van der Waals surface area contributed by atoms with E-state index in [9.17, 15) is 9.18 Å². The minimum atomic E-state index is -0.311. The summed E-state index contributed by atoms with van der Waals surface area (Å²) < 4.78 is 13.9. The Hall–Kier alpha value is -1.48. The highest BCUT2D eigenvalue weighted by Crippen LogP contribution is 2.19. The van der Waals surface area contributed by atoms with Gasteiger partial charge in [-0.25, -0.2) is 4.39 Å². The van der Waals surface area contributed by atoms with Crippen molar-refractivity contribution < 1.29 is 9.18 Å². The van der Waals surface area contributed by atoms with Crippen LogP contribution in [0, 0.1) is 5.82 Å². The van der Waals surface area contributed by atoms with Crippen LogP contribution >= 0.6 is 15.9 Å². The normalized spacial score (nSPS) is 10.4. The van der Waals surface area contributed by atoms with Gasteiger partial charge in [0.25, 0.3) is 0 Å². The molecule has 0 bridgehead atoms. The topological polar surface area (TPSA) is 17.1 Å². The van der Waals surface area contributed by atoms with Crippen LogP contribution in [-0.2, 0) is 17.6 Å². The molecule has 19 heavy (non-hydrogen) atoms. The van der Waals surface area contributed by atoms with Gasteiger partial charge < -0.3 is 0 Å². The van der Waals surface area contributed by atoms with Crippen molar-refractivity contribution in [3.05, 3.63) is 69.9 Å². The zero-order valence-corrected chi connectivity index (χ0v) is 12.0. The number of halogens is 2. The van der Waals surface area contributed by atoms with Crippen molar-refractivity contribution in [1.29, 1.82) is 0 Å². The van der Waals surface area contributed by atoms with Crippen LogP contribution in [0.2, 0.25) is 0 Å². The molecule has 0 spiro atoms. The Kier molecular flexibility index (Phi) is 4.86. The van der Waals surface area contributed by atoms with Crippen LogP contribution in [0.4, 0.5) is 4.39 Å². The minimum absolute atomic E-state index is 0.121. The molecule has 0 aliphatic heterocycles. The molecule has 0 unspecified atom stereocenters. The maximum atomic E-state index is 13.1. The lowest BCUT2D eigenvalue weighted by molar-refractivity contribution is -0.118. The lowest BCUT2D eigenvalue weighted by atomic mass is 10.0. The second-order valence-electron chi connectivity index (χ2n) is 4.44. The molecular formula is C16H14BrFO. The predicted molar refractivity (Wildman–Crippen MR) is 77.6 cm³/mol. The first-order valence-electron chi connectivity index (χ1n) is 6.15. The van der Waals surface area contributed by atoms with Gasteiger partial charge in [0.05, 0.1) is 0 Å². The van der Waals surface area contributed by atoms with Crippen LogP contribution in [0.1, 0.15) is 17.5 Å². The Balaban J connectivity index is 1.93. The van der Waals surface area contributed by atoms with E-state index >= 15 is 0 Å². The summed E-state index contributed by atoms with van der Waals surface area (Å²) >= 11 is 3.34. The Morgan fingerprint density at radius 3 is 2.58 bits per heavy atom. The van der Waals surface area contributed by atoms with Gasteiger partial charge in [0.1, 0.15) is 11.6 Å². The van der Waals surface area contributed by atoms with Crippen molar-refractivity contribution in [3.8, 4) is 0 Å². The third kappa shape index (κ3) is 4.28. The Morgan fingerprint density at radius 1 is 1.11 bits per heavy atom. The summed E-state index contributed by atoms with van der Waals surface area (Å²) in [6, 6.07) is 14.3. The number of carbonyl (C=O) groups excluding carboxylic acids is 1. The number of ketones is 1. The Bertz CT molecular complexity index is 566. The molecule has 98 valence electrons. The van der Waals surface area contributed by atoms with Gasteiger partial charge in [-0.3, -0.25) is 4.79 Å². The first kappa shape index (κ1) is 13.9. The highest BCUT2D eigenvalue weighted by atomic mass is 79.9. The van der Waals surface area contributed by atoms with Crippen LogP contribution in [0.25, 0.3) is 0 Å². The van der Waals surface area contributed by atoms with Crippen LogP contribution in [0.5, 0.6) is 0 Å². The van der Waals surface area contributed by atoms with Crippen LogP contribution in [0.15, 0.2) is 53.0 Å². The van der Waals surface area contributed by atoms with Crippen molar-refractivity contribution in [3.63, 3.8) is 0 Å². The molecule has 0 atom stereocenters. The highest BCUT2D eigenvalue weighted by Gasteiger charge is 2.08. The molecule has 0 aliphatic carbocycles. The van der Waals surface area contributed by atoms with E-state index in [1.54, 1.807) is 6.07 Å². The fourth-order valence-electron chi connectivity index (χ4n) is 1.91. The molecule has 2 aromatic carbocycles. The summed E-state index contributed by atoms with van der Waals surface area (Å²) in [5, 5.41) is 0. The van der Waals surface area contributed by atoms with E-state index in [-0.39, 0.29) is 18.0 Å². The summed E-state index contributed by atoms with van der Waals surface area (Å²) in [5.74, 6) is -0.191. The zero-order valence-electron chi connectivity index (χ0n) is 10.4. The number of Topliss-reactive ketones (excluding diaryl/α,β-unsaturated/α-hetero) is 1. The van der Waals surface area contributed by atoms with Gasteiger partial charge in [-0.05, 0) is 35.7 Å². The molecule has 2 aromatic rings. The number of carbonyl (C=O) groups is 1. The Morgan fingerprint density at radius 2 is 1.84 bits per heavy atom. The lowest BCUT2D eigenvalue weighted by Gasteiger charge is -2.04. The van der Waals surface area contributed by atoms with E-state index in [0.29, 0.717) is 12.0 Å². The van der Waals surface area contributed by atoms with Gasteiger partial charge in [0.15, 0.2) is 0 Å². The van der Waals surface area contributed by atoms with Crippen LogP contribution < -0.4 is 0 Å². The first-order valence-corrected chi connectivity index (χ1v) is 6.94. The van der Waals surface area contributed by atoms with Crippen molar-refractivity contribution in [2.45, 2.75) is 19.3 Å². The maximum absolute atomic E-state index is 13.1. The summed E-state index contributed by atoms with van der Waals surface area (Å²) in [6.45, 7) is 0. The van der Waals surface area contributed by atoms with Crippen LogP contribution in [0.3, 0.4) is 0 Å². The van der Waals surface area contributed by atoms with Gasteiger partial charge >= 0.3 is 0 Å². The summed E-state index contributed by atoms with van der Waals surface area (Å²) in [4.78, 5) is 11.9. The minimum Gasteiger partial charge on any atom is -0.299 e. The van der Waals surface area contributed by atoms with Gasteiger partial charge in [0, 0.05) is 17.3 Å². The van der Waals surface area contributed by atoms with Crippen molar-refractivity contribution >= 4 is 21.7 Å². The molecule has 0 aromatic heterocycles.